The third-order valence-corrected chi connectivity index (χ3v) is 1.27. The van der Waals surface area contributed by atoms with Crippen LogP contribution in [0.15, 0.2) is 12.2 Å². The third kappa shape index (κ3) is 6.50. The summed E-state index contributed by atoms with van der Waals surface area (Å²) in [7, 11) is 0. The van der Waals surface area contributed by atoms with E-state index in [-0.39, 0.29) is 5.57 Å². The van der Waals surface area contributed by atoms with Crippen LogP contribution in [-0.2, 0) is 19.0 Å². The van der Waals surface area contributed by atoms with Gasteiger partial charge in [0.15, 0.2) is 0 Å². The van der Waals surface area contributed by atoms with E-state index in [4.69, 9.17) is 14.6 Å². The van der Waals surface area contributed by atoms with Gasteiger partial charge in [0.25, 0.3) is 0 Å². The molecule has 0 heterocycles. The Bertz CT molecular complexity index is 259. The minimum absolute atomic E-state index is 0.234. The van der Waals surface area contributed by atoms with Crippen LogP contribution in [-0.4, -0.2) is 29.8 Å². The van der Waals surface area contributed by atoms with Gasteiger partial charge in [0.1, 0.15) is 0 Å². The molecule has 0 aliphatic heterocycles. The Morgan fingerprint density at radius 3 is 2.07 bits per heavy atom. The molecule has 15 heavy (non-hydrogen) atoms. The Kier molecular flexibility index (Phi) is 5.40. The Hall–Kier alpha value is -1.56. The second-order valence-corrected chi connectivity index (χ2v) is 2.84. The first kappa shape index (κ1) is 13.4. The van der Waals surface area contributed by atoms with Crippen molar-refractivity contribution in [3.05, 3.63) is 12.2 Å². The highest BCUT2D eigenvalue weighted by Crippen LogP contribution is 2.04. The second-order valence-electron chi connectivity index (χ2n) is 2.84. The second kappa shape index (κ2) is 6.02. The molecule has 2 atom stereocenters. The molecule has 6 nitrogen and oxygen atoms in total. The lowest BCUT2D eigenvalue weighted by Gasteiger charge is -2.18. The number of rotatable bonds is 5. The van der Waals surface area contributed by atoms with Gasteiger partial charge in [-0.15, -0.1) is 0 Å². The molecule has 0 aliphatic rings. The summed E-state index contributed by atoms with van der Waals surface area (Å²) >= 11 is 0. The van der Waals surface area contributed by atoms with Gasteiger partial charge in [-0.25, -0.2) is 9.59 Å². The zero-order chi connectivity index (χ0) is 12.0. The monoisotopic (exact) mass is 218 g/mol. The maximum absolute atomic E-state index is 11.0. The zero-order valence-corrected chi connectivity index (χ0v) is 8.85. The molecule has 0 saturated carbocycles. The van der Waals surface area contributed by atoms with Crippen molar-refractivity contribution in [1.82, 2.24) is 0 Å². The van der Waals surface area contributed by atoms with E-state index in [0.29, 0.717) is 0 Å². The van der Waals surface area contributed by atoms with Gasteiger partial charge in [-0.1, -0.05) is 6.58 Å². The van der Waals surface area contributed by atoms with Crippen LogP contribution in [0.4, 0.5) is 4.79 Å². The molecule has 0 spiro atoms. The largest absolute Gasteiger partial charge is 0.508 e. The molecule has 86 valence electrons. The molecule has 0 aliphatic carbocycles. The fourth-order valence-corrected chi connectivity index (χ4v) is 0.719. The van der Waals surface area contributed by atoms with E-state index < -0.39 is 24.7 Å². The van der Waals surface area contributed by atoms with E-state index in [1.54, 1.807) is 0 Å². The molecule has 0 amide bonds. The minimum Gasteiger partial charge on any atom is -0.450 e. The average Bonchev–Trinajstić information content (AvgIpc) is 2.00. The summed E-state index contributed by atoms with van der Waals surface area (Å²) in [5.74, 6) is -0.606. The number of carbonyl (C=O) groups excluding carboxylic acids is 1. The van der Waals surface area contributed by atoms with Gasteiger partial charge in [0.05, 0.1) is 0 Å². The van der Waals surface area contributed by atoms with Crippen LogP contribution in [0, 0.1) is 0 Å². The highest BCUT2D eigenvalue weighted by Gasteiger charge is 2.15. The molecular weight excluding hydrogens is 204 g/mol. The van der Waals surface area contributed by atoms with Crippen molar-refractivity contribution < 1.29 is 28.9 Å². The predicted molar refractivity (Wildman–Crippen MR) is 50.0 cm³/mol. The number of hydrogen-bond acceptors (Lipinski definition) is 5. The SMILES string of the molecule is C=C(C)C(=O)OC(C)OC(C)OC(=O)O. The van der Waals surface area contributed by atoms with Gasteiger partial charge < -0.3 is 19.3 Å². The van der Waals surface area contributed by atoms with Crippen LogP contribution in [0.3, 0.4) is 0 Å². The standard InChI is InChI=1S/C9H14O6/c1-5(2)8(10)14-6(3)13-7(4)15-9(11)12/h6-7H,1H2,2-4H3,(H,11,12). The minimum atomic E-state index is -1.46. The van der Waals surface area contributed by atoms with Crippen molar-refractivity contribution in [2.45, 2.75) is 33.4 Å². The lowest BCUT2D eigenvalue weighted by Crippen LogP contribution is -2.26. The molecule has 0 bridgehead atoms. The van der Waals surface area contributed by atoms with Crippen molar-refractivity contribution >= 4 is 12.1 Å². The predicted octanol–water partition coefficient (Wildman–Crippen LogP) is 1.51. The molecule has 0 radical (unpaired) electrons. The van der Waals surface area contributed by atoms with Gasteiger partial charge in [-0.2, -0.15) is 0 Å². The quantitative estimate of drug-likeness (QED) is 0.428. The van der Waals surface area contributed by atoms with Crippen LogP contribution in [0.2, 0.25) is 0 Å². The third-order valence-electron chi connectivity index (χ3n) is 1.27. The Morgan fingerprint density at radius 1 is 1.20 bits per heavy atom. The molecule has 0 aromatic heterocycles. The fraction of sp³-hybridized carbons (Fsp3) is 0.556. The summed E-state index contributed by atoms with van der Waals surface area (Å²) in [5, 5.41) is 8.24. The van der Waals surface area contributed by atoms with Crippen molar-refractivity contribution in [2.24, 2.45) is 0 Å². The lowest BCUT2D eigenvalue weighted by atomic mass is 10.4. The van der Waals surface area contributed by atoms with Crippen molar-refractivity contribution in [2.75, 3.05) is 0 Å². The number of carbonyl (C=O) groups is 2. The Balaban J connectivity index is 3.92. The summed E-state index contributed by atoms with van der Waals surface area (Å²) in [4.78, 5) is 21.1. The molecule has 0 saturated heterocycles. The molecule has 1 N–H and O–H groups in total. The van der Waals surface area contributed by atoms with E-state index in [2.05, 4.69) is 11.3 Å². The topological polar surface area (TPSA) is 82.1 Å². The van der Waals surface area contributed by atoms with Gasteiger partial charge in [0.2, 0.25) is 12.6 Å². The molecule has 6 heteroatoms. The van der Waals surface area contributed by atoms with E-state index in [1.807, 2.05) is 0 Å². The van der Waals surface area contributed by atoms with Gasteiger partial charge >= 0.3 is 12.1 Å². The Labute approximate surface area is 87.4 Å². The smallest absolute Gasteiger partial charge is 0.450 e. The highest BCUT2D eigenvalue weighted by molar-refractivity contribution is 5.86. The zero-order valence-electron chi connectivity index (χ0n) is 8.85. The number of ether oxygens (including phenoxy) is 3. The van der Waals surface area contributed by atoms with Gasteiger partial charge in [0, 0.05) is 5.57 Å². The van der Waals surface area contributed by atoms with E-state index >= 15 is 0 Å². The molecule has 0 aromatic carbocycles. The number of esters is 1. The summed E-state index contributed by atoms with van der Waals surface area (Å²) in [5.41, 5.74) is 0.234. The number of hydrogen-bond donors (Lipinski definition) is 1. The van der Waals surface area contributed by atoms with Crippen LogP contribution in [0.5, 0.6) is 0 Å². The van der Waals surface area contributed by atoms with Crippen molar-refractivity contribution in [3.8, 4) is 0 Å². The number of carboxylic acid groups (broad SMARTS) is 1. The van der Waals surface area contributed by atoms with E-state index in [9.17, 15) is 9.59 Å². The average molecular weight is 218 g/mol. The van der Waals surface area contributed by atoms with Gasteiger partial charge in [-0.05, 0) is 20.8 Å². The Morgan fingerprint density at radius 2 is 1.67 bits per heavy atom. The fourth-order valence-electron chi connectivity index (χ4n) is 0.719. The first-order chi connectivity index (χ1) is 6.82. The summed E-state index contributed by atoms with van der Waals surface area (Å²) < 4.78 is 13.9. The normalized spacial score (nSPS) is 13.8. The maximum atomic E-state index is 11.0. The summed E-state index contributed by atoms with van der Waals surface area (Å²) in [6, 6.07) is 0. The first-order valence-electron chi connectivity index (χ1n) is 4.24. The van der Waals surface area contributed by atoms with Crippen molar-refractivity contribution in [1.29, 1.82) is 0 Å². The van der Waals surface area contributed by atoms with Crippen LogP contribution in [0.25, 0.3) is 0 Å². The molecule has 2 unspecified atom stereocenters. The van der Waals surface area contributed by atoms with Crippen LogP contribution < -0.4 is 0 Å². The molecule has 0 aromatic rings. The highest BCUT2D eigenvalue weighted by atomic mass is 16.8. The maximum Gasteiger partial charge on any atom is 0.508 e. The molecular formula is C9H14O6. The van der Waals surface area contributed by atoms with E-state index in [1.165, 1.54) is 20.8 Å². The summed E-state index contributed by atoms with van der Waals surface area (Å²) in [6.07, 6.45) is -3.36. The van der Waals surface area contributed by atoms with Gasteiger partial charge in [-0.3, -0.25) is 0 Å². The molecule has 0 rings (SSSR count). The van der Waals surface area contributed by atoms with Crippen LogP contribution in [0.1, 0.15) is 20.8 Å². The first-order valence-corrected chi connectivity index (χ1v) is 4.24. The van der Waals surface area contributed by atoms with Crippen LogP contribution >= 0.6 is 0 Å². The molecule has 0 fully saturated rings. The van der Waals surface area contributed by atoms with Crippen molar-refractivity contribution in [3.63, 3.8) is 0 Å². The lowest BCUT2D eigenvalue weighted by molar-refractivity contribution is -0.214. The summed E-state index contributed by atoms with van der Waals surface area (Å²) in [6.45, 7) is 7.69. The van der Waals surface area contributed by atoms with E-state index in [0.717, 1.165) is 0 Å².